The van der Waals surface area contributed by atoms with Crippen molar-refractivity contribution in [3.05, 3.63) is 52.9 Å². The second-order valence-electron chi connectivity index (χ2n) is 6.99. The molecule has 5 N–H and O–H groups in total. The first-order chi connectivity index (χ1) is 13.1. The molecule has 142 valence electrons. The third-order valence-electron chi connectivity index (χ3n) is 5.14. The summed E-state index contributed by atoms with van der Waals surface area (Å²) in [6, 6.07) is 9.46. The van der Waals surface area contributed by atoms with Gasteiger partial charge in [-0.15, -0.1) is 0 Å². The highest BCUT2D eigenvalue weighted by Crippen LogP contribution is 2.27. The average molecular weight is 366 g/mol. The van der Waals surface area contributed by atoms with Crippen LogP contribution in [0.4, 0.5) is 5.69 Å². The Morgan fingerprint density at radius 2 is 1.85 bits per heavy atom. The molecule has 1 unspecified atom stereocenters. The molecule has 1 amide bonds. The Kier molecular flexibility index (Phi) is 6.06. The fourth-order valence-corrected chi connectivity index (χ4v) is 3.69. The highest BCUT2D eigenvalue weighted by Gasteiger charge is 2.27. The Morgan fingerprint density at radius 3 is 2.56 bits per heavy atom. The molecule has 3 rings (SSSR count). The molecule has 6 heteroatoms. The molecule has 6 nitrogen and oxygen atoms in total. The fraction of sp³-hybridized carbons (Fsp3) is 0.381. The molecule has 0 heterocycles. The predicted octanol–water partition coefficient (Wildman–Crippen LogP) is 4.08. The monoisotopic (exact) mass is 366 g/mol. The number of rotatable bonds is 6. The molecule has 2 aliphatic rings. The summed E-state index contributed by atoms with van der Waals surface area (Å²) in [5, 5.41) is 32.3. The van der Waals surface area contributed by atoms with E-state index in [4.69, 9.17) is 10.8 Å². The van der Waals surface area contributed by atoms with E-state index in [1.165, 1.54) is 6.21 Å². The molecule has 0 radical (unpaired) electrons. The summed E-state index contributed by atoms with van der Waals surface area (Å²) in [6.07, 6.45) is 6.60. The number of carbonyl (C=O) groups excluding carboxylic acids is 1. The molecule has 1 aromatic carbocycles. The number of nitrogens with one attached hydrogen (secondary N) is 4. The maximum Gasteiger partial charge on any atom is 0.270 e. The van der Waals surface area contributed by atoms with E-state index in [0.717, 1.165) is 49.1 Å². The molecule has 0 spiro atoms. The van der Waals surface area contributed by atoms with Crippen LogP contribution < -0.4 is 10.6 Å². The van der Waals surface area contributed by atoms with Crippen LogP contribution in [0.25, 0.3) is 0 Å². The lowest BCUT2D eigenvalue weighted by Gasteiger charge is -2.28. The molecule has 0 fully saturated rings. The summed E-state index contributed by atoms with van der Waals surface area (Å²) in [5.41, 5.74) is 2.92. The van der Waals surface area contributed by atoms with Crippen LogP contribution in [0.5, 0.6) is 0 Å². The van der Waals surface area contributed by atoms with Crippen LogP contribution in [-0.4, -0.2) is 29.0 Å². The molecule has 27 heavy (non-hydrogen) atoms. The van der Waals surface area contributed by atoms with Crippen LogP contribution >= 0.6 is 0 Å². The van der Waals surface area contributed by atoms with Crippen LogP contribution in [0, 0.1) is 10.8 Å². The maximum absolute atomic E-state index is 12.6. The van der Waals surface area contributed by atoms with E-state index in [1.807, 2.05) is 30.3 Å². The molecule has 0 aliphatic heterocycles. The first-order valence-corrected chi connectivity index (χ1v) is 9.46. The number of carbonyl (C=O) groups is 1. The zero-order valence-electron chi connectivity index (χ0n) is 15.3. The molecule has 0 saturated carbocycles. The highest BCUT2D eigenvalue weighted by atomic mass is 16.3. The second kappa shape index (κ2) is 8.66. The molecular formula is C21H26N4O2. The van der Waals surface area contributed by atoms with Gasteiger partial charge in [0.25, 0.3) is 5.91 Å². The van der Waals surface area contributed by atoms with E-state index < -0.39 is 5.91 Å². The SMILES string of the molecule is N=CC1=C(Nc2ccccc2)CCCC1NC(=O)C(=N)C1=C(O)CCCC1. The number of allylic oxidation sites excluding steroid dienone is 2. The predicted molar refractivity (Wildman–Crippen MR) is 108 cm³/mol. The van der Waals surface area contributed by atoms with Crippen molar-refractivity contribution in [1.29, 1.82) is 10.8 Å². The maximum atomic E-state index is 12.6. The third-order valence-corrected chi connectivity index (χ3v) is 5.14. The van der Waals surface area contributed by atoms with E-state index in [-0.39, 0.29) is 17.5 Å². The van der Waals surface area contributed by atoms with Crippen molar-refractivity contribution in [2.45, 2.75) is 51.0 Å². The molecule has 2 aliphatic carbocycles. The molecule has 0 saturated heterocycles. The second-order valence-corrected chi connectivity index (χ2v) is 6.99. The number of benzene rings is 1. The van der Waals surface area contributed by atoms with Crippen molar-refractivity contribution < 1.29 is 9.90 Å². The van der Waals surface area contributed by atoms with Gasteiger partial charge in [-0.1, -0.05) is 18.2 Å². The fourth-order valence-electron chi connectivity index (χ4n) is 3.69. The van der Waals surface area contributed by atoms with Crippen LogP contribution in [0.2, 0.25) is 0 Å². The minimum Gasteiger partial charge on any atom is -0.512 e. The lowest BCUT2D eigenvalue weighted by molar-refractivity contribution is -0.115. The number of hydrogen-bond acceptors (Lipinski definition) is 5. The number of aliphatic hydroxyl groups excluding tert-OH is 1. The highest BCUT2D eigenvalue weighted by molar-refractivity contribution is 6.44. The van der Waals surface area contributed by atoms with Gasteiger partial charge in [-0.2, -0.15) is 0 Å². The summed E-state index contributed by atoms with van der Waals surface area (Å²) < 4.78 is 0. The van der Waals surface area contributed by atoms with Gasteiger partial charge in [-0.3, -0.25) is 10.2 Å². The lowest BCUT2D eigenvalue weighted by Crippen LogP contribution is -2.43. The normalized spacial score (nSPS) is 20.2. The minimum atomic E-state index is -0.483. The van der Waals surface area contributed by atoms with Gasteiger partial charge in [0.05, 0.1) is 11.8 Å². The molecule has 1 aromatic rings. The molecule has 1 atom stereocenters. The Hall–Kier alpha value is -2.89. The quantitative estimate of drug-likeness (QED) is 0.489. The van der Waals surface area contributed by atoms with Crippen molar-refractivity contribution in [2.75, 3.05) is 5.32 Å². The molecule has 0 bridgehead atoms. The Balaban J connectivity index is 1.75. The van der Waals surface area contributed by atoms with Crippen molar-refractivity contribution in [3.8, 4) is 0 Å². The van der Waals surface area contributed by atoms with E-state index in [0.29, 0.717) is 18.4 Å². The van der Waals surface area contributed by atoms with Gasteiger partial charge in [0, 0.05) is 35.2 Å². The van der Waals surface area contributed by atoms with E-state index in [2.05, 4.69) is 10.6 Å². The van der Waals surface area contributed by atoms with Crippen LogP contribution in [-0.2, 0) is 4.79 Å². The molecular weight excluding hydrogens is 340 g/mol. The van der Waals surface area contributed by atoms with Gasteiger partial charge >= 0.3 is 0 Å². The third kappa shape index (κ3) is 4.45. The van der Waals surface area contributed by atoms with Crippen LogP contribution in [0.3, 0.4) is 0 Å². The summed E-state index contributed by atoms with van der Waals surface area (Å²) in [7, 11) is 0. The summed E-state index contributed by atoms with van der Waals surface area (Å²) in [4.78, 5) is 12.6. The number of amides is 1. The number of aliphatic hydroxyl groups is 1. The minimum absolute atomic E-state index is 0.153. The van der Waals surface area contributed by atoms with Gasteiger partial charge in [0.15, 0.2) is 0 Å². The summed E-state index contributed by atoms with van der Waals surface area (Å²) >= 11 is 0. The Labute approximate surface area is 159 Å². The topological polar surface area (TPSA) is 109 Å². The van der Waals surface area contributed by atoms with Crippen molar-refractivity contribution in [3.63, 3.8) is 0 Å². The molecule has 0 aromatic heterocycles. The first kappa shape index (κ1) is 18.9. The van der Waals surface area contributed by atoms with Gasteiger partial charge in [-0.25, -0.2) is 0 Å². The summed E-state index contributed by atoms with van der Waals surface area (Å²) in [6.45, 7) is 0. The van der Waals surface area contributed by atoms with Gasteiger partial charge in [0.1, 0.15) is 5.71 Å². The van der Waals surface area contributed by atoms with E-state index >= 15 is 0 Å². The van der Waals surface area contributed by atoms with Crippen LogP contribution in [0.1, 0.15) is 44.9 Å². The Bertz CT molecular complexity index is 796. The van der Waals surface area contributed by atoms with Gasteiger partial charge < -0.3 is 21.1 Å². The number of hydrogen-bond donors (Lipinski definition) is 5. The number of anilines is 1. The number of para-hydroxylation sites is 1. The first-order valence-electron chi connectivity index (χ1n) is 9.46. The smallest absolute Gasteiger partial charge is 0.270 e. The standard InChI is InChI=1S/C21H26N4O2/c22-13-16-17(24-14-7-2-1-3-8-14)10-6-11-18(16)25-21(27)20(23)15-9-4-5-12-19(15)26/h1-3,7-8,13,18,22-24,26H,4-6,9-12H2,(H,25,27). The zero-order valence-corrected chi connectivity index (χ0v) is 15.3. The zero-order chi connectivity index (χ0) is 19.2. The van der Waals surface area contributed by atoms with E-state index in [1.54, 1.807) is 0 Å². The van der Waals surface area contributed by atoms with Crippen molar-refractivity contribution in [2.24, 2.45) is 0 Å². The van der Waals surface area contributed by atoms with Gasteiger partial charge in [0.2, 0.25) is 0 Å². The lowest BCUT2D eigenvalue weighted by atomic mass is 9.90. The van der Waals surface area contributed by atoms with E-state index in [9.17, 15) is 9.90 Å². The van der Waals surface area contributed by atoms with Crippen molar-refractivity contribution in [1.82, 2.24) is 5.32 Å². The van der Waals surface area contributed by atoms with Gasteiger partial charge in [-0.05, 0) is 50.7 Å². The van der Waals surface area contributed by atoms with Crippen molar-refractivity contribution >= 4 is 23.5 Å². The van der Waals surface area contributed by atoms with Crippen LogP contribution in [0.15, 0.2) is 52.9 Å². The average Bonchev–Trinajstić information content (AvgIpc) is 2.69. The largest absolute Gasteiger partial charge is 0.512 e. The summed E-state index contributed by atoms with van der Waals surface area (Å²) in [5.74, 6) is -0.317. The Morgan fingerprint density at radius 1 is 1.11 bits per heavy atom.